The fourth-order valence-electron chi connectivity index (χ4n) is 2.32. The number of aliphatic hydroxyl groups excluding tert-OH is 1. The van der Waals surface area contributed by atoms with E-state index < -0.39 is 0 Å². The number of allylic oxidation sites excluding steroid dienone is 4. The van der Waals surface area contributed by atoms with E-state index >= 15 is 0 Å². The third-order valence-corrected chi connectivity index (χ3v) is 3.08. The van der Waals surface area contributed by atoms with Gasteiger partial charge in [-0.2, -0.15) is 0 Å². The number of Topliss-reactive ketones (excluding diaryl/α,β-unsaturated/α-hetero) is 1. The Balaban J connectivity index is 2.23. The first kappa shape index (κ1) is 9.21. The molecule has 2 aliphatic rings. The largest absolute Gasteiger partial charge is 0.512 e. The summed E-state index contributed by atoms with van der Waals surface area (Å²) in [7, 11) is 0. The van der Waals surface area contributed by atoms with Crippen LogP contribution in [0.4, 0.5) is 0 Å². The number of rotatable bonds is 0. The standard InChI is InChI=1S/C13H10O3/c14-7-1-3-9-10-4-2-8(15)6-12(10)13(16)11(9)5-7/h1,3,5-6,14-15H,2,4H2. The lowest BCUT2D eigenvalue weighted by molar-refractivity contribution is 0.104. The van der Waals surface area contributed by atoms with Gasteiger partial charge in [-0.3, -0.25) is 4.79 Å². The van der Waals surface area contributed by atoms with E-state index in [9.17, 15) is 15.0 Å². The molecule has 0 unspecified atom stereocenters. The summed E-state index contributed by atoms with van der Waals surface area (Å²) in [5.74, 6) is 0.247. The van der Waals surface area contributed by atoms with E-state index in [-0.39, 0.29) is 17.3 Å². The molecule has 1 aromatic carbocycles. The Morgan fingerprint density at radius 1 is 1.06 bits per heavy atom. The molecule has 0 amide bonds. The number of aliphatic hydroxyl groups is 1. The molecule has 0 aromatic heterocycles. The van der Waals surface area contributed by atoms with Crippen molar-refractivity contribution in [3.05, 3.63) is 46.7 Å². The van der Waals surface area contributed by atoms with Gasteiger partial charge in [0.25, 0.3) is 0 Å². The highest BCUT2D eigenvalue weighted by Crippen LogP contribution is 2.40. The Morgan fingerprint density at radius 2 is 1.88 bits per heavy atom. The number of hydrogen-bond acceptors (Lipinski definition) is 3. The Morgan fingerprint density at radius 3 is 2.69 bits per heavy atom. The first-order valence-corrected chi connectivity index (χ1v) is 5.17. The van der Waals surface area contributed by atoms with Crippen LogP contribution in [0.5, 0.6) is 5.75 Å². The van der Waals surface area contributed by atoms with Crippen molar-refractivity contribution in [2.24, 2.45) is 0 Å². The molecular weight excluding hydrogens is 204 g/mol. The molecule has 3 rings (SSSR count). The number of benzene rings is 1. The minimum Gasteiger partial charge on any atom is -0.512 e. The van der Waals surface area contributed by atoms with E-state index in [2.05, 4.69) is 0 Å². The molecule has 2 aliphatic carbocycles. The summed E-state index contributed by atoms with van der Waals surface area (Å²) in [4.78, 5) is 12.0. The molecule has 16 heavy (non-hydrogen) atoms. The van der Waals surface area contributed by atoms with Gasteiger partial charge in [0, 0.05) is 17.6 Å². The van der Waals surface area contributed by atoms with Gasteiger partial charge in [0.1, 0.15) is 5.75 Å². The molecule has 1 aromatic rings. The van der Waals surface area contributed by atoms with E-state index in [0.29, 0.717) is 24.0 Å². The highest BCUT2D eigenvalue weighted by molar-refractivity contribution is 6.22. The molecule has 0 atom stereocenters. The summed E-state index contributed by atoms with van der Waals surface area (Å²) in [6.07, 6.45) is 2.80. The van der Waals surface area contributed by atoms with Gasteiger partial charge in [-0.1, -0.05) is 6.07 Å². The van der Waals surface area contributed by atoms with Crippen LogP contribution in [0, 0.1) is 0 Å². The summed E-state index contributed by atoms with van der Waals surface area (Å²) >= 11 is 0. The predicted octanol–water partition coefficient (Wildman–Crippen LogP) is 2.58. The maximum atomic E-state index is 12.0. The van der Waals surface area contributed by atoms with Gasteiger partial charge < -0.3 is 10.2 Å². The second-order valence-corrected chi connectivity index (χ2v) is 4.09. The van der Waals surface area contributed by atoms with Crippen molar-refractivity contribution < 1.29 is 15.0 Å². The van der Waals surface area contributed by atoms with Crippen molar-refractivity contribution in [2.75, 3.05) is 0 Å². The molecule has 0 fully saturated rings. The van der Waals surface area contributed by atoms with Crippen molar-refractivity contribution >= 4 is 11.4 Å². The number of ketones is 1. The molecule has 0 bridgehead atoms. The van der Waals surface area contributed by atoms with Gasteiger partial charge >= 0.3 is 0 Å². The molecule has 0 saturated carbocycles. The number of carbonyl (C=O) groups excluding carboxylic acids is 1. The zero-order valence-electron chi connectivity index (χ0n) is 8.53. The van der Waals surface area contributed by atoms with E-state index in [0.717, 1.165) is 11.1 Å². The highest BCUT2D eigenvalue weighted by atomic mass is 16.3. The van der Waals surface area contributed by atoms with Crippen LogP contribution >= 0.6 is 0 Å². The van der Waals surface area contributed by atoms with Crippen LogP contribution in [0.3, 0.4) is 0 Å². The summed E-state index contributed by atoms with van der Waals surface area (Å²) in [5, 5.41) is 18.8. The SMILES string of the molecule is O=C1C2=C(CCC(O)=C2)c2ccc(O)cc21. The first-order valence-electron chi connectivity index (χ1n) is 5.17. The van der Waals surface area contributed by atoms with Gasteiger partial charge in [0.2, 0.25) is 0 Å². The third-order valence-electron chi connectivity index (χ3n) is 3.08. The van der Waals surface area contributed by atoms with Crippen molar-refractivity contribution in [2.45, 2.75) is 12.8 Å². The maximum Gasteiger partial charge on any atom is 0.194 e. The van der Waals surface area contributed by atoms with E-state index in [1.165, 1.54) is 12.1 Å². The molecule has 0 saturated heterocycles. The molecular formula is C13H10O3. The Kier molecular flexibility index (Phi) is 1.72. The summed E-state index contributed by atoms with van der Waals surface area (Å²) < 4.78 is 0. The van der Waals surface area contributed by atoms with Gasteiger partial charge in [-0.15, -0.1) is 0 Å². The Bertz CT molecular complexity index is 565. The highest BCUT2D eigenvalue weighted by Gasteiger charge is 2.30. The van der Waals surface area contributed by atoms with Crippen LogP contribution in [0.2, 0.25) is 0 Å². The summed E-state index contributed by atoms with van der Waals surface area (Å²) in [6.45, 7) is 0. The molecule has 3 nitrogen and oxygen atoms in total. The van der Waals surface area contributed by atoms with Crippen LogP contribution in [0.1, 0.15) is 28.8 Å². The molecule has 0 radical (unpaired) electrons. The molecule has 0 aliphatic heterocycles. The summed E-state index contributed by atoms with van der Waals surface area (Å²) in [6, 6.07) is 4.84. The smallest absolute Gasteiger partial charge is 0.194 e. The third kappa shape index (κ3) is 1.11. The number of carbonyl (C=O) groups is 1. The number of hydrogen-bond donors (Lipinski definition) is 2. The van der Waals surface area contributed by atoms with Gasteiger partial charge in [0.15, 0.2) is 5.78 Å². The van der Waals surface area contributed by atoms with Crippen molar-refractivity contribution in [3.63, 3.8) is 0 Å². The van der Waals surface area contributed by atoms with Crippen LogP contribution in [-0.2, 0) is 0 Å². The normalized spacial score (nSPS) is 18.2. The number of phenols is 1. The number of aromatic hydroxyl groups is 1. The van der Waals surface area contributed by atoms with E-state index in [4.69, 9.17) is 0 Å². The van der Waals surface area contributed by atoms with Gasteiger partial charge in [-0.25, -0.2) is 0 Å². The zero-order valence-corrected chi connectivity index (χ0v) is 8.53. The van der Waals surface area contributed by atoms with Crippen LogP contribution in [0.25, 0.3) is 5.57 Å². The second kappa shape index (κ2) is 2.98. The number of phenolic OH excluding ortho intramolecular Hbond substituents is 1. The van der Waals surface area contributed by atoms with Crippen LogP contribution in [-0.4, -0.2) is 16.0 Å². The quantitative estimate of drug-likeness (QED) is 0.697. The van der Waals surface area contributed by atoms with Gasteiger partial charge in [0.05, 0.1) is 5.76 Å². The lowest BCUT2D eigenvalue weighted by atomic mass is 9.96. The lowest BCUT2D eigenvalue weighted by Gasteiger charge is -2.10. The first-order chi connectivity index (χ1) is 7.66. The number of fused-ring (bicyclic) bond motifs is 2. The Labute approximate surface area is 92.3 Å². The predicted molar refractivity (Wildman–Crippen MR) is 59.3 cm³/mol. The average molecular weight is 214 g/mol. The van der Waals surface area contributed by atoms with Crippen LogP contribution in [0.15, 0.2) is 35.6 Å². The maximum absolute atomic E-state index is 12.0. The minimum atomic E-state index is -0.104. The lowest BCUT2D eigenvalue weighted by Crippen LogP contribution is -2.00. The molecule has 2 N–H and O–H groups in total. The molecule has 0 spiro atoms. The van der Waals surface area contributed by atoms with E-state index in [1.54, 1.807) is 12.1 Å². The van der Waals surface area contributed by atoms with Crippen molar-refractivity contribution in [1.82, 2.24) is 0 Å². The fraction of sp³-hybridized carbons (Fsp3) is 0.154. The second-order valence-electron chi connectivity index (χ2n) is 4.09. The monoisotopic (exact) mass is 214 g/mol. The average Bonchev–Trinajstić information content (AvgIpc) is 2.53. The van der Waals surface area contributed by atoms with E-state index in [1.807, 2.05) is 0 Å². The fourth-order valence-corrected chi connectivity index (χ4v) is 2.32. The molecule has 0 heterocycles. The van der Waals surface area contributed by atoms with Crippen LogP contribution < -0.4 is 0 Å². The zero-order chi connectivity index (χ0) is 11.3. The van der Waals surface area contributed by atoms with Crippen molar-refractivity contribution in [1.29, 1.82) is 0 Å². The molecule has 3 heteroatoms. The summed E-state index contributed by atoms with van der Waals surface area (Å²) in [5.41, 5.74) is 2.99. The molecule has 80 valence electrons. The minimum absolute atomic E-state index is 0.0974. The van der Waals surface area contributed by atoms with Gasteiger partial charge in [-0.05, 0) is 35.8 Å². The topological polar surface area (TPSA) is 57.5 Å². The Hall–Kier alpha value is -2.03. The van der Waals surface area contributed by atoms with Crippen molar-refractivity contribution in [3.8, 4) is 5.75 Å².